The summed E-state index contributed by atoms with van der Waals surface area (Å²) in [6.45, 7) is 4.79. The zero-order chi connectivity index (χ0) is 12.7. The van der Waals surface area contributed by atoms with E-state index in [-0.39, 0.29) is 13.2 Å². The van der Waals surface area contributed by atoms with Crippen molar-refractivity contribution in [2.75, 3.05) is 18.1 Å². The normalized spacial score (nSPS) is 10.9. The average Bonchev–Trinajstić information content (AvgIpc) is 2.39. The molecule has 5 heteroatoms. The Kier molecular flexibility index (Phi) is 5.86. The predicted octanol–water partition coefficient (Wildman–Crippen LogP) is 0.956. The second-order valence-corrected chi connectivity index (χ2v) is 3.94. The monoisotopic (exact) mass is 239 g/mol. The molecule has 17 heavy (non-hydrogen) atoms. The van der Waals surface area contributed by atoms with Gasteiger partial charge in [0.25, 0.3) is 0 Å². The summed E-state index contributed by atoms with van der Waals surface area (Å²) >= 11 is 0. The fourth-order valence-corrected chi connectivity index (χ4v) is 1.86. The third-order valence-corrected chi connectivity index (χ3v) is 2.86. The van der Waals surface area contributed by atoms with Crippen LogP contribution in [-0.4, -0.2) is 39.4 Å². The quantitative estimate of drug-likeness (QED) is 0.741. The molecule has 96 valence electrons. The van der Waals surface area contributed by atoms with Gasteiger partial charge in [0, 0.05) is 30.5 Å². The van der Waals surface area contributed by atoms with E-state index in [1.165, 1.54) is 0 Å². The molecule has 0 unspecified atom stereocenters. The van der Waals surface area contributed by atoms with Crippen LogP contribution in [-0.2, 0) is 6.61 Å². The smallest absolute Gasteiger partial charge is 0.225 e. The summed E-state index contributed by atoms with van der Waals surface area (Å²) in [5.41, 5.74) is 0.697. The Morgan fingerprint density at radius 1 is 1.18 bits per heavy atom. The van der Waals surface area contributed by atoms with Gasteiger partial charge in [-0.3, -0.25) is 0 Å². The van der Waals surface area contributed by atoms with Gasteiger partial charge in [0.15, 0.2) is 0 Å². The van der Waals surface area contributed by atoms with Crippen molar-refractivity contribution >= 4 is 5.95 Å². The van der Waals surface area contributed by atoms with Gasteiger partial charge in [-0.05, 0) is 12.8 Å². The van der Waals surface area contributed by atoms with E-state index in [0.717, 1.165) is 12.8 Å². The van der Waals surface area contributed by atoms with E-state index in [1.807, 2.05) is 4.90 Å². The van der Waals surface area contributed by atoms with Gasteiger partial charge in [0.05, 0.1) is 13.2 Å². The van der Waals surface area contributed by atoms with Gasteiger partial charge >= 0.3 is 0 Å². The van der Waals surface area contributed by atoms with E-state index >= 15 is 0 Å². The minimum atomic E-state index is -0.0503. The molecule has 1 aromatic heterocycles. The van der Waals surface area contributed by atoms with E-state index in [0.29, 0.717) is 24.1 Å². The second kappa shape index (κ2) is 7.19. The minimum Gasteiger partial charge on any atom is -0.395 e. The van der Waals surface area contributed by atoms with E-state index in [9.17, 15) is 0 Å². The SMILES string of the molecule is CCC(CC)N(CCO)c1ncc(CO)cn1. The van der Waals surface area contributed by atoms with Crippen LogP contribution in [0, 0.1) is 0 Å². The van der Waals surface area contributed by atoms with Gasteiger partial charge in [-0.1, -0.05) is 13.8 Å². The van der Waals surface area contributed by atoms with E-state index < -0.39 is 0 Å². The van der Waals surface area contributed by atoms with E-state index in [4.69, 9.17) is 10.2 Å². The molecule has 0 saturated carbocycles. The Hall–Kier alpha value is -1.20. The van der Waals surface area contributed by atoms with E-state index in [2.05, 4.69) is 23.8 Å². The van der Waals surface area contributed by atoms with Crippen molar-refractivity contribution in [3.8, 4) is 0 Å². The highest BCUT2D eigenvalue weighted by Gasteiger charge is 2.17. The molecule has 0 amide bonds. The topological polar surface area (TPSA) is 69.5 Å². The first-order chi connectivity index (χ1) is 8.26. The van der Waals surface area contributed by atoms with Crippen molar-refractivity contribution in [1.29, 1.82) is 0 Å². The first-order valence-corrected chi connectivity index (χ1v) is 6.06. The molecule has 1 aromatic rings. The van der Waals surface area contributed by atoms with Gasteiger partial charge in [-0.25, -0.2) is 9.97 Å². The average molecular weight is 239 g/mol. The molecule has 2 N–H and O–H groups in total. The lowest BCUT2D eigenvalue weighted by atomic mass is 10.1. The van der Waals surface area contributed by atoms with Gasteiger partial charge < -0.3 is 15.1 Å². The molecule has 1 rings (SSSR count). The Morgan fingerprint density at radius 3 is 2.18 bits per heavy atom. The molecule has 0 bridgehead atoms. The van der Waals surface area contributed by atoms with Crippen molar-refractivity contribution in [2.45, 2.75) is 39.3 Å². The third-order valence-electron chi connectivity index (χ3n) is 2.86. The lowest BCUT2D eigenvalue weighted by Crippen LogP contribution is -2.38. The summed E-state index contributed by atoms with van der Waals surface area (Å²) in [4.78, 5) is 10.5. The van der Waals surface area contributed by atoms with Crippen LogP contribution in [0.15, 0.2) is 12.4 Å². The molecular formula is C12H21N3O2. The minimum absolute atomic E-state index is 0.0503. The van der Waals surface area contributed by atoms with Crippen LogP contribution in [0.1, 0.15) is 32.3 Å². The van der Waals surface area contributed by atoms with Gasteiger partial charge in [-0.15, -0.1) is 0 Å². The number of aromatic nitrogens is 2. The number of hydrogen-bond donors (Lipinski definition) is 2. The maximum Gasteiger partial charge on any atom is 0.225 e. The van der Waals surface area contributed by atoms with Crippen LogP contribution in [0.4, 0.5) is 5.95 Å². The molecule has 0 aromatic carbocycles. The summed E-state index contributed by atoms with van der Waals surface area (Å²) in [6, 6.07) is 0.335. The maximum atomic E-state index is 9.10. The molecule has 1 heterocycles. The van der Waals surface area contributed by atoms with E-state index in [1.54, 1.807) is 12.4 Å². The zero-order valence-corrected chi connectivity index (χ0v) is 10.5. The highest BCUT2D eigenvalue weighted by Crippen LogP contribution is 2.15. The lowest BCUT2D eigenvalue weighted by Gasteiger charge is -2.29. The Balaban J connectivity index is 2.87. The number of rotatable bonds is 7. The van der Waals surface area contributed by atoms with Crippen LogP contribution in [0.3, 0.4) is 0 Å². The van der Waals surface area contributed by atoms with Crippen LogP contribution >= 0.6 is 0 Å². The van der Waals surface area contributed by atoms with Crippen LogP contribution in [0.2, 0.25) is 0 Å². The molecule has 0 aliphatic heterocycles. The van der Waals surface area contributed by atoms with Gasteiger partial charge in [-0.2, -0.15) is 0 Å². The first kappa shape index (κ1) is 13.9. The molecule has 0 fully saturated rings. The summed E-state index contributed by atoms with van der Waals surface area (Å²) < 4.78 is 0. The molecular weight excluding hydrogens is 218 g/mol. The number of aliphatic hydroxyl groups excluding tert-OH is 2. The Morgan fingerprint density at radius 2 is 1.76 bits per heavy atom. The van der Waals surface area contributed by atoms with Gasteiger partial charge in [0.2, 0.25) is 5.95 Å². The molecule has 5 nitrogen and oxygen atoms in total. The van der Waals surface area contributed by atoms with Crippen molar-refractivity contribution in [3.63, 3.8) is 0 Å². The Bertz CT molecular complexity index is 312. The fourth-order valence-electron chi connectivity index (χ4n) is 1.86. The summed E-state index contributed by atoms with van der Waals surface area (Å²) in [5.74, 6) is 0.616. The molecule has 0 spiro atoms. The summed E-state index contributed by atoms with van der Waals surface area (Å²) in [6.07, 6.45) is 5.22. The highest BCUT2D eigenvalue weighted by molar-refractivity contribution is 5.31. The third kappa shape index (κ3) is 3.64. The molecule has 0 atom stereocenters. The predicted molar refractivity (Wildman–Crippen MR) is 66.8 cm³/mol. The largest absolute Gasteiger partial charge is 0.395 e. The lowest BCUT2D eigenvalue weighted by molar-refractivity contribution is 0.280. The second-order valence-electron chi connectivity index (χ2n) is 3.94. The molecule has 0 radical (unpaired) electrons. The molecule has 0 aliphatic rings. The summed E-state index contributed by atoms with van der Waals surface area (Å²) in [5, 5.41) is 18.0. The molecule has 0 saturated heterocycles. The first-order valence-electron chi connectivity index (χ1n) is 6.06. The van der Waals surface area contributed by atoms with Crippen LogP contribution in [0.5, 0.6) is 0 Å². The maximum absolute atomic E-state index is 9.10. The fraction of sp³-hybridized carbons (Fsp3) is 0.667. The van der Waals surface area contributed by atoms with Crippen molar-refractivity contribution < 1.29 is 10.2 Å². The zero-order valence-electron chi connectivity index (χ0n) is 10.5. The summed E-state index contributed by atoms with van der Waals surface area (Å²) in [7, 11) is 0. The number of anilines is 1. The standard InChI is InChI=1S/C12H21N3O2/c1-3-11(4-2)15(5-6-16)12-13-7-10(9-17)8-14-12/h7-8,11,16-17H,3-6,9H2,1-2H3. The van der Waals surface area contributed by atoms with Crippen LogP contribution < -0.4 is 4.90 Å². The highest BCUT2D eigenvalue weighted by atomic mass is 16.3. The van der Waals surface area contributed by atoms with Gasteiger partial charge in [0.1, 0.15) is 0 Å². The number of hydrogen-bond acceptors (Lipinski definition) is 5. The Labute approximate surface area is 102 Å². The van der Waals surface area contributed by atoms with Crippen LogP contribution in [0.25, 0.3) is 0 Å². The van der Waals surface area contributed by atoms with Crippen molar-refractivity contribution in [2.24, 2.45) is 0 Å². The number of aliphatic hydroxyl groups is 2. The molecule has 0 aliphatic carbocycles. The van der Waals surface area contributed by atoms with Crippen molar-refractivity contribution in [3.05, 3.63) is 18.0 Å². The number of nitrogens with zero attached hydrogens (tertiary/aromatic N) is 3. The van der Waals surface area contributed by atoms with Crippen molar-refractivity contribution in [1.82, 2.24) is 9.97 Å².